The molecule has 3 heteroatoms. The predicted molar refractivity (Wildman–Crippen MR) is 114 cm³/mol. The summed E-state index contributed by atoms with van der Waals surface area (Å²) >= 11 is 0. The molecule has 0 saturated heterocycles. The maximum atomic E-state index is 8.68. The van der Waals surface area contributed by atoms with Gasteiger partial charge in [0.15, 0.2) is 0 Å². The normalized spacial score (nSPS) is 11.0. The Bertz CT molecular complexity index is 1030. The van der Waals surface area contributed by atoms with Gasteiger partial charge in [0, 0.05) is 35.3 Å². The van der Waals surface area contributed by atoms with Crippen molar-refractivity contribution in [2.24, 2.45) is 5.73 Å². The molecular formula is C24H21N3. The number of nitrogens with two attached hydrogens (primary N) is 1. The Morgan fingerprint density at radius 2 is 1.63 bits per heavy atom. The third-order valence-electron chi connectivity index (χ3n) is 4.37. The van der Waals surface area contributed by atoms with Gasteiger partial charge in [-0.15, -0.1) is 0 Å². The van der Waals surface area contributed by atoms with Crippen molar-refractivity contribution in [3.8, 4) is 11.1 Å². The van der Waals surface area contributed by atoms with E-state index in [9.17, 15) is 0 Å². The van der Waals surface area contributed by atoms with Crippen LogP contribution < -0.4 is 5.73 Å². The largest absolute Gasteiger partial charge is 0.404 e. The number of benzene rings is 2. The summed E-state index contributed by atoms with van der Waals surface area (Å²) in [5.41, 5.74) is 12.4. The van der Waals surface area contributed by atoms with Crippen molar-refractivity contribution in [3.05, 3.63) is 115 Å². The highest BCUT2D eigenvalue weighted by Gasteiger charge is 2.12. The first kappa shape index (κ1) is 18.1. The lowest BCUT2D eigenvalue weighted by Crippen LogP contribution is -2.06. The van der Waals surface area contributed by atoms with Gasteiger partial charge in [-0.25, -0.2) is 0 Å². The Morgan fingerprint density at radius 3 is 2.33 bits per heavy atom. The maximum Gasteiger partial charge on any atom is 0.0705 e. The molecule has 3 rings (SSSR count). The first-order chi connectivity index (χ1) is 13.1. The number of hydrogen-bond donors (Lipinski definition) is 2. The molecule has 0 unspecified atom stereocenters. The van der Waals surface area contributed by atoms with Crippen molar-refractivity contribution in [3.63, 3.8) is 0 Å². The minimum absolute atomic E-state index is 0.361. The van der Waals surface area contributed by atoms with E-state index in [1.165, 1.54) is 6.20 Å². The maximum absolute atomic E-state index is 8.68. The van der Waals surface area contributed by atoms with Crippen molar-refractivity contribution in [1.29, 1.82) is 5.41 Å². The molecule has 0 atom stereocenters. The van der Waals surface area contributed by atoms with Crippen LogP contribution in [-0.4, -0.2) is 10.7 Å². The molecule has 0 bridgehead atoms. The molecular weight excluding hydrogens is 330 g/mol. The molecule has 27 heavy (non-hydrogen) atoms. The van der Waals surface area contributed by atoms with Gasteiger partial charge in [0.2, 0.25) is 0 Å². The lowest BCUT2D eigenvalue weighted by molar-refractivity contribution is 1.33. The molecule has 2 aromatic carbocycles. The molecule has 0 aliphatic carbocycles. The fourth-order valence-corrected chi connectivity index (χ4v) is 2.87. The highest BCUT2D eigenvalue weighted by molar-refractivity contribution is 6.30. The second-order valence-corrected chi connectivity index (χ2v) is 6.09. The van der Waals surface area contributed by atoms with Crippen LogP contribution in [0.15, 0.2) is 98.5 Å². The number of nitrogens with zero attached hydrogens (tertiary/aromatic N) is 1. The second-order valence-electron chi connectivity index (χ2n) is 6.09. The van der Waals surface area contributed by atoms with Gasteiger partial charge in [-0.1, -0.05) is 61.7 Å². The van der Waals surface area contributed by atoms with Gasteiger partial charge >= 0.3 is 0 Å². The van der Waals surface area contributed by atoms with Gasteiger partial charge in [0.25, 0.3) is 0 Å². The standard InChI is InChI=1S/C24H21N3/c1-3-17(2)18-7-4-10-21(13-18)24(26)23(15-25)20-9-5-8-19(14-20)22-11-6-12-27-16-22/h3-16,26H,1-2,25H2/b23-15-,26-24?. The minimum Gasteiger partial charge on any atom is -0.404 e. The third kappa shape index (κ3) is 3.93. The highest BCUT2D eigenvalue weighted by Crippen LogP contribution is 2.26. The summed E-state index contributed by atoms with van der Waals surface area (Å²) in [6.07, 6.45) is 6.76. The van der Waals surface area contributed by atoms with Gasteiger partial charge in [-0.3, -0.25) is 10.4 Å². The molecule has 0 saturated carbocycles. The molecule has 1 heterocycles. The average molecular weight is 351 g/mol. The van der Waals surface area contributed by atoms with Crippen LogP contribution in [0.4, 0.5) is 0 Å². The topological polar surface area (TPSA) is 62.8 Å². The number of pyridine rings is 1. The fraction of sp³-hybridized carbons (Fsp3) is 0. The molecule has 3 aromatic rings. The fourth-order valence-electron chi connectivity index (χ4n) is 2.87. The smallest absolute Gasteiger partial charge is 0.0705 e. The van der Waals surface area contributed by atoms with Crippen LogP contribution in [-0.2, 0) is 0 Å². The summed E-state index contributed by atoms with van der Waals surface area (Å²) in [5, 5.41) is 8.68. The molecule has 0 fully saturated rings. The van der Waals surface area contributed by atoms with E-state index < -0.39 is 0 Å². The highest BCUT2D eigenvalue weighted by atomic mass is 14.6. The van der Waals surface area contributed by atoms with Crippen LogP contribution in [0.25, 0.3) is 22.3 Å². The summed E-state index contributed by atoms with van der Waals surface area (Å²) in [7, 11) is 0. The first-order valence-electron chi connectivity index (χ1n) is 8.58. The lowest BCUT2D eigenvalue weighted by atomic mass is 9.93. The first-order valence-corrected chi connectivity index (χ1v) is 8.58. The van der Waals surface area contributed by atoms with Crippen molar-refractivity contribution in [2.45, 2.75) is 0 Å². The summed E-state index contributed by atoms with van der Waals surface area (Å²) in [6.45, 7) is 7.74. The second kappa shape index (κ2) is 8.11. The molecule has 0 radical (unpaired) electrons. The molecule has 1 aromatic heterocycles. The SMILES string of the molecule is C=CC(=C)c1cccc(C(=N)/C(=C\N)c2cccc(-c3cccnc3)c2)c1. The minimum atomic E-state index is 0.361. The number of nitrogens with one attached hydrogen (secondary N) is 1. The van der Waals surface area contributed by atoms with Crippen molar-refractivity contribution in [1.82, 2.24) is 4.98 Å². The lowest BCUT2D eigenvalue weighted by Gasteiger charge is -2.12. The van der Waals surface area contributed by atoms with Crippen molar-refractivity contribution in [2.75, 3.05) is 0 Å². The zero-order chi connectivity index (χ0) is 19.2. The predicted octanol–water partition coefficient (Wildman–Crippen LogP) is 5.32. The number of aromatic nitrogens is 1. The molecule has 0 aliphatic rings. The van der Waals surface area contributed by atoms with Gasteiger partial charge in [-0.2, -0.15) is 0 Å². The Labute approximate surface area is 159 Å². The number of allylic oxidation sites excluding steroid dienone is 3. The van der Waals surface area contributed by atoms with Crippen molar-refractivity contribution < 1.29 is 0 Å². The monoisotopic (exact) mass is 351 g/mol. The van der Waals surface area contributed by atoms with E-state index in [4.69, 9.17) is 11.1 Å². The summed E-state index contributed by atoms with van der Waals surface area (Å²) in [6, 6.07) is 19.6. The van der Waals surface area contributed by atoms with Crippen LogP contribution in [0.5, 0.6) is 0 Å². The quantitative estimate of drug-likeness (QED) is 0.466. The molecule has 0 aliphatic heterocycles. The number of rotatable bonds is 6. The van der Waals surface area contributed by atoms with Crippen LogP contribution in [0.1, 0.15) is 16.7 Å². The van der Waals surface area contributed by atoms with Crippen molar-refractivity contribution >= 4 is 16.9 Å². The van der Waals surface area contributed by atoms with E-state index in [1.807, 2.05) is 66.9 Å². The summed E-state index contributed by atoms with van der Waals surface area (Å²) < 4.78 is 0. The molecule has 0 amide bonds. The van der Waals surface area contributed by atoms with E-state index in [-0.39, 0.29) is 0 Å². The Balaban J connectivity index is 1.98. The zero-order valence-corrected chi connectivity index (χ0v) is 15.0. The van der Waals surface area contributed by atoms with Gasteiger partial charge in [0.05, 0.1) is 5.71 Å². The third-order valence-corrected chi connectivity index (χ3v) is 4.37. The van der Waals surface area contributed by atoms with E-state index in [2.05, 4.69) is 18.1 Å². The van der Waals surface area contributed by atoms with Crippen LogP contribution in [0.2, 0.25) is 0 Å². The van der Waals surface area contributed by atoms with Gasteiger partial charge in [-0.05, 0) is 40.5 Å². The summed E-state index contributed by atoms with van der Waals surface area (Å²) in [5.74, 6) is 0. The van der Waals surface area contributed by atoms with Crippen LogP contribution >= 0.6 is 0 Å². The van der Waals surface area contributed by atoms with Crippen LogP contribution in [0, 0.1) is 5.41 Å². The average Bonchev–Trinajstić information content (AvgIpc) is 2.74. The number of hydrogen-bond acceptors (Lipinski definition) is 3. The molecule has 3 nitrogen and oxygen atoms in total. The zero-order valence-electron chi connectivity index (χ0n) is 15.0. The Morgan fingerprint density at radius 1 is 0.926 bits per heavy atom. The Kier molecular flexibility index (Phi) is 5.43. The van der Waals surface area contributed by atoms with E-state index in [0.29, 0.717) is 11.3 Å². The Hall–Kier alpha value is -3.72. The van der Waals surface area contributed by atoms with Gasteiger partial charge in [0.1, 0.15) is 0 Å². The van der Waals surface area contributed by atoms with Crippen LogP contribution in [0.3, 0.4) is 0 Å². The van der Waals surface area contributed by atoms with Gasteiger partial charge < -0.3 is 5.73 Å². The molecule has 132 valence electrons. The van der Waals surface area contributed by atoms with E-state index >= 15 is 0 Å². The molecule has 3 N–H and O–H groups in total. The van der Waals surface area contributed by atoms with E-state index in [0.717, 1.165) is 33.4 Å². The van der Waals surface area contributed by atoms with E-state index in [1.54, 1.807) is 12.3 Å². The summed E-state index contributed by atoms with van der Waals surface area (Å²) in [4.78, 5) is 4.17. The molecule has 0 spiro atoms.